The highest BCUT2D eigenvalue weighted by Gasteiger charge is 2.24. The van der Waals surface area contributed by atoms with Crippen molar-refractivity contribution in [2.75, 3.05) is 6.54 Å². The second-order valence-electron chi connectivity index (χ2n) is 7.24. The summed E-state index contributed by atoms with van der Waals surface area (Å²) in [6.07, 6.45) is 6.45. The molecule has 1 unspecified atom stereocenters. The monoisotopic (exact) mass is 277 g/mol. The Morgan fingerprint density at radius 2 is 1.85 bits per heavy atom. The fourth-order valence-electron chi connectivity index (χ4n) is 3.20. The van der Waals surface area contributed by atoms with E-state index in [4.69, 9.17) is 0 Å². The predicted molar refractivity (Wildman–Crippen MR) is 83.5 cm³/mol. The summed E-state index contributed by atoms with van der Waals surface area (Å²) in [7, 11) is 0. The molecule has 0 radical (unpaired) electrons. The standard InChI is InChI=1S/C18H28FN/c1-18(2,3)20-13-15(12-14-8-4-5-9-14)16-10-6-7-11-17(16)19/h6-7,10-11,14-15,20H,4-5,8-9,12-13H2,1-3H3. The normalized spacial score (nSPS) is 18.4. The van der Waals surface area contributed by atoms with Gasteiger partial charge in [0.15, 0.2) is 0 Å². The Morgan fingerprint density at radius 3 is 2.45 bits per heavy atom. The van der Waals surface area contributed by atoms with E-state index in [1.165, 1.54) is 25.7 Å². The summed E-state index contributed by atoms with van der Waals surface area (Å²) < 4.78 is 14.1. The van der Waals surface area contributed by atoms with Crippen LogP contribution >= 0.6 is 0 Å². The van der Waals surface area contributed by atoms with Crippen LogP contribution in [0.3, 0.4) is 0 Å². The molecule has 0 spiro atoms. The summed E-state index contributed by atoms with van der Waals surface area (Å²) in [5.41, 5.74) is 0.968. The van der Waals surface area contributed by atoms with Crippen LogP contribution in [0.2, 0.25) is 0 Å². The minimum atomic E-state index is -0.0498. The quantitative estimate of drug-likeness (QED) is 0.809. The highest BCUT2D eigenvalue weighted by Crippen LogP contribution is 2.34. The van der Waals surface area contributed by atoms with Crippen LogP contribution in [0.1, 0.15) is 64.4 Å². The summed E-state index contributed by atoms with van der Waals surface area (Å²) in [4.78, 5) is 0. The summed E-state index contributed by atoms with van der Waals surface area (Å²) in [5, 5.41) is 3.55. The molecule has 1 aliphatic rings. The van der Waals surface area contributed by atoms with Gasteiger partial charge in [-0.15, -0.1) is 0 Å². The van der Waals surface area contributed by atoms with E-state index in [2.05, 4.69) is 26.1 Å². The van der Waals surface area contributed by atoms with Gasteiger partial charge in [0.1, 0.15) is 5.82 Å². The second kappa shape index (κ2) is 6.71. The highest BCUT2D eigenvalue weighted by molar-refractivity contribution is 5.22. The minimum Gasteiger partial charge on any atom is -0.311 e. The Balaban J connectivity index is 2.08. The maximum atomic E-state index is 14.1. The Kier molecular flexibility index (Phi) is 5.20. The first-order valence-corrected chi connectivity index (χ1v) is 7.95. The van der Waals surface area contributed by atoms with Crippen LogP contribution in [0.5, 0.6) is 0 Å². The smallest absolute Gasteiger partial charge is 0.126 e. The first-order valence-electron chi connectivity index (χ1n) is 7.95. The van der Waals surface area contributed by atoms with Gasteiger partial charge >= 0.3 is 0 Å². The number of nitrogens with one attached hydrogen (secondary N) is 1. The zero-order valence-electron chi connectivity index (χ0n) is 13.1. The molecule has 0 bridgehead atoms. The van der Waals surface area contributed by atoms with E-state index in [1.807, 2.05) is 12.1 Å². The van der Waals surface area contributed by atoms with Crippen molar-refractivity contribution in [3.63, 3.8) is 0 Å². The van der Waals surface area contributed by atoms with Crippen LogP contribution in [0.15, 0.2) is 24.3 Å². The topological polar surface area (TPSA) is 12.0 Å². The Bertz CT molecular complexity index is 416. The Morgan fingerprint density at radius 1 is 1.20 bits per heavy atom. The van der Waals surface area contributed by atoms with Gasteiger partial charge in [-0.05, 0) is 50.7 Å². The lowest BCUT2D eigenvalue weighted by Crippen LogP contribution is -2.39. The first-order chi connectivity index (χ1) is 9.46. The van der Waals surface area contributed by atoms with Gasteiger partial charge in [-0.2, -0.15) is 0 Å². The zero-order valence-corrected chi connectivity index (χ0v) is 13.1. The van der Waals surface area contributed by atoms with E-state index >= 15 is 0 Å². The molecule has 1 atom stereocenters. The molecule has 1 saturated carbocycles. The molecule has 0 aromatic heterocycles. The van der Waals surface area contributed by atoms with E-state index in [0.717, 1.165) is 24.4 Å². The van der Waals surface area contributed by atoms with Crippen LogP contribution in [0, 0.1) is 11.7 Å². The van der Waals surface area contributed by atoms with Crippen LogP contribution in [0.25, 0.3) is 0 Å². The van der Waals surface area contributed by atoms with Crippen molar-refractivity contribution < 1.29 is 4.39 Å². The molecule has 1 nitrogen and oxygen atoms in total. The molecule has 1 fully saturated rings. The largest absolute Gasteiger partial charge is 0.311 e. The van der Waals surface area contributed by atoms with Crippen molar-refractivity contribution in [1.29, 1.82) is 0 Å². The zero-order chi connectivity index (χ0) is 14.6. The van der Waals surface area contributed by atoms with Crippen molar-refractivity contribution in [2.45, 2.75) is 64.3 Å². The number of benzene rings is 1. The third-order valence-corrected chi connectivity index (χ3v) is 4.32. The highest BCUT2D eigenvalue weighted by atomic mass is 19.1. The number of hydrogen-bond donors (Lipinski definition) is 1. The lowest BCUT2D eigenvalue weighted by Gasteiger charge is -2.27. The van der Waals surface area contributed by atoms with E-state index in [1.54, 1.807) is 12.1 Å². The Hall–Kier alpha value is -0.890. The molecular weight excluding hydrogens is 249 g/mol. The molecule has 2 rings (SSSR count). The predicted octanol–water partition coefficient (Wildman–Crippen LogP) is 4.88. The minimum absolute atomic E-state index is 0.0498. The van der Waals surface area contributed by atoms with Gasteiger partial charge in [-0.3, -0.25) is 0 Å². The number of halogens is 1. The molecule has 1 aromatic carbocycles. The molecule has 1 N–H and O–H groups in total. The Labute approximate surface area is 123 Å². The van der Waals surface area contributed by atoms with Crippen molar-refractivity contribution in [2.24, 2.45) is 5.92 Å². The first kappa shape index (κ1) is 15.5. The lowest BCUT2D eigenvalue weighted by molar-refractivity contribution is 0.363. The van der Waals surface area contributed by atoms with E-state index in [0.29, 0.717) is 5.92 Å². The molecular formula is C18H28FN. The second-order valence-corrected chi connectivity index (χ2v) is 7.24. The summed E-state index contributed by atoms with van der Waals surface area (Å²) in [6, 6.07) is 7.28. The molecule has 2 heteroatoms. The molecule has 0 amide bonds. The summed E-state index contributed by atoms with van der Waals surface area (Å²) >= 11 is 0. The van der Waals surface area contributed by atoms with Gasteiger partial charge in [-0.25, -0.2) is 4.39 Å². The number of rotatable bonds is 5. The van der Waals surface area contributed by atoms with Gasteiger partial charge in [0.25, 0.3) is 0 Å². The molecule has 0 aliphatic heterocycles. The van der Waals surface area contributed by atoms with Crippen LogP contribution < -0.4 is 5.32 Å². The van der Waals surface area contributed by atoms with E-state index in [9.17, 15) is 4.39 Å². The van der Waals surface area contributed by atoms with Gasteiger partial charge in [-0.1, -0.05) is 43.9 Å². The maximum absolute atomic E-state index is 14.1. The molecule has 112 valence electrons. The van der Waals surface area contributed by atoms with Crippen molar-refractivity contribution in [3.8, 4) is 0 Å². The fraction of sp³-hybridized carbons (Fsp3) is 0.667. The average Bonchev–Trinajstić information content (AvgIpc) is 2.87. The van der Waals surface area contributed by atoms with E-state index in [-0.39, 0.29) is 11.4 Å². The molecule has 1 aromatic rings. The molecule has 0 saturated heterocycles. The molecule has 0 heterocycles. The van der Waals surface area contributed by atoms with Crippen molar-refractivity contribution in [1.82, 2.24) is 5.32 Å². The fourth-order valence-corrected chi connectivity index (χ4v) is 3.20. The van der Waals surface area contributed by atoms with Gasteiger partial charge in [0.2, 0.25) is 0 Å². The van der Waals surface area contributed by atoms with Gasteiger partial charge in [0, 0.05) is 12.1 Å². The molecule has 20 heavy (non-hydrogen) atoms. The maximum Gasteiger partial charge on any atom is 0.126 e. The van der Waals surface area contributed by atoms with Gasteiger partial charge < -0.3 is 5.32 Å². The summed E-state index contributed by atoms with van der Waals surface area (Å²) in [5.74, 6) is 1.02. The lowest BCUT2D eigenvalue weighted by atomic mass is 9.87. The van der Waals surface area contributed by atoms with Crippen molar-refractivity contribution >= 4 is 0 Å². The van der Waals surface area contributed by atoms with Gasteiger partial charge in [0.05, 0.1) is 0 Å². The summed E-state index contributed by atoms with van der Waals surface area (Å²) in [6.45, 7) is 7.36. The number of hydrogen-bond acceptors (Lipinski definition) is 1. The van der Waals surface area contributed by atoms with Crippen molar-refractivity contribution in [3.05, 3.63) is 35.6 Å². The van der Waals surface area contributed by atoms with Crippen LogP contribution in [-0.4, -0.2) is 12.1 Å². The average molecular weight is 277 g/mol. The van der Waals surface area contributed by atoms with Crippen LogP contribution in [0.4, 0.5) is 4.39 Å². The van der Waals surface area contributed by atoms with Crippen LogP contribution in [-0.2, 0) is 0 Å². The third-order valence-electron chi connectivity index (χ3n) is 4.32. The van der Waals surface area contributed by atoms with E-state index < -0.39 is 0 Å². The SMILES string of the molecule is CC(C)(C)NCC(CC1CCCC1)c1ccccc1F. The molecule has 1 aliphatic carbocycles. The third kappa shape index (κ3) is 4.59.